The standard InChI is InChI=1S/C8H15ClNP/c1-4-7(6(2)3)5-8(9)11-10/h4,6-8,10H,1,5H2,2-3H3. The average Bonchev–Trinajstić information content (AvgIpc) is 1.99. The van der Waals surface area contributed by atoms with Crippen LogP contribution in [0, 0.1) is 17.0 Å². The molecular formula is C8H15ClNP. The molecule has 0 fully saturated rings. The fraction of sp³-hybridized carbons (Fsp3) is 0.750. The van der Waals surface area contributed by atoms with Gasteiger partial charge in [-0.2, -0.15) is 0 Å². The molecule has 0 saturated heterocycles. The fourth-order valence-corrected chi connectivity index (χ4v) is 1.47. The van der Waals surface area contributed by atoms with E-state index < -0.39 is 0 Å². The lowest BCUT2D eigenvalue weighted by Crippen LogP contribution is -2.08. The Hall–Kier alpha value is 0.130. The topological polar surface area (TPSA) is 23.9 Å². The quantitative estimate of drug-likeness (QED) is 0.384. The first-order valence-corrected chi connectivity index (χ1v) is 5.15. The van der Waals surface area contributed by atoms with Gasteiger partial charge in [-0.25, -0.2) is 0 Å². The highest BCUT2D eigenvalue weighted by Gasteiger charge is 2.13. The molecule has 0 heterocycles. The van der Waals surface area contributed by atoms with E-state index in [4.69, 9.17) is 16.8 Å². The Morgan fingerprint density at radius 1 is 1.64 bits per heavy atom. The van der Waals surface area contributed by atoms with Crippen molar-refractivity contribution < 1.29 is 0 Å². The van der Waals surface area contributed by atoms with Crippen molar-refractivity contribution in [1.29, 1.82) is 5.16 Å². The molecule has 0 bridgehead atoms. The van der Waals surface area contributed by atoms with Crippen LogP contribution in [0.1, 0.15) is 20.3 Å². The summed E-state index contributed by atoms with van der Waals surface area (Å²) in [7, 11) is 0.521. The predicted octanol–water partition coefficient (Wildman–Crippen LogP) is 4.11. The minimum absolute atomic E-state index is 0.0413. The number of hydrogen-bond acceptors (Lipinski definition) is 1. The molecule has 0 spiro atoms. The van der Waals surface area contributed by atoms with Gasteiger partial charge >= 0.3 is 0 Å². The molecule has 0 aliphatic rings. The normalized spacial score (nSPS) is 16.7. The third-order valence-electron chi connectivity index (χ3n) is 1.77. The van der Waals surface area contributed by atoms with Gasteiger partial charge in [0.25, 0.3) is 0 Å². The van der Waals surface area contributed by atoms with Gasteiger partial charge in [0.15, 0.2) is 0 Å². The highest BCUT2D eigenvalue weighted by atomic mass is 35.5. The fourth-order valence-electron chi connectivity index (χ4n) is 0.918. The van der Waals surface area contributed by atoms with E-state index in [1.807, 2.05) is 6.08 Å². The molecule has 1 N–H and O–H groups in total. The zero-order valence-electron chi connectivity index (χ0n) is 7.05. The lowest BCUT2D eigenvalue weighted by atomic mass is 9.94. The molecule has 0 aromatic heterocycles. The van der Waals surface area contributed by atoms with Crippen LogP contribution in [-0.2, 0) is 0 Å². The van der Waals surface area contributed by atoms with Crippen molar-refractivity contribution in [1.82, 2.24) is 0 Å². The smallest absolute Gasteiger partial charge is 0.0927 e. The van der Waals surface area contributed by atoms with E-state index in [2.05, 4.69) is 20.4 Å². The molecule has 2 unspecified atom stereocenters. The van der Waals surface area contributed by atoms with Crippen LogP contribution in [0.25, 0.3) is 0 Å². The number of rotatable bonds is 5. The molecule has 0 amide bonds. The van der Waals surface area contributed by atoms with E-state index in [1.165, 1.54) is 0 Å². The molecule has 0 aliphatic heterocycles. The lowest BCUT2D eigenvalue weighted by Gasteiger charge is -2.16. The highest BCUT2D eigenvalue weighted by molar-refractivity contribution is 7.29. The van der Waals surface area contributed by atoms with Crippen molar-refractivity contribution >= 4 is 20.0 Å². The molecule has 0 rings (SSSR count). The van der Waals surface area contributed by atoms with Gasteiger partial charge in [-0.05, 0) is 18.3 Å². The summed E-state index contributed by atoms with van der Waals surface area (Å²) >= 11 is 5.84. The van der Waals surface area contributed by atoms with Crippen LogP contribution in [0.5, 0.6) is 0 Å². The monoisotopic (exact) mass is 191 g/mol. The molecule has 11 heavy (non-hydrogen) atoms. The molecule has 1 nitrogen and oxygen atoms in total. The predicted molar refractivity (Wildman–Crippen MR) is 52.4 cm³/mol. The van der Waals surface area contributed by atoms with Gasteiger partial charge in [0, 0.05) is 8.37 Å². The van der Waals surface area contributed by atoms with E-state index in [1.54, 1.807) is 0 Å². The van der Waals surface area contributed by atoms with Crippen molar-refractivity contribution in [2.45, 2.75) is 25.4 Å². The summed E-state index contributed by atoms with van der Waals surface area (Å²) in [5, 5.41) is 6.98. The van der Waals surface area contributed by atoms with Gasteiger partial charge in [0.1, 0.15) is 0 Å². The zero-order chi connectivity index (χ0) is 8.85. The number of halogens is 1. The maximum Gasteiger partial charge on any atom is 0.0927 e. The summed E-state index contributed by atoms with van der Waals surface area (Å²) in [6.45, 7) is 8.05. The number of alkyl halides is 1. The zero-order valence-corrected chi connectivity index (χ0v) is 8.70. The van der Waals surface area contributed by atoms with E-state index in [0.717, 1.165) is 6.42 Å². The first-order valence-electron chi connectivity index (χ1n) is 3.75. The Balaban J connectivity index is 3.86. The Morgan fingerprint density at radius 3 is 2.45 bits per heavy atom. The summed E-state index contributed by atoms with van der Waals surface area (Å²) in [5.74, 6) is 1.03. The second-order valence-corrected chi connectivity index (χ2v) is 4.66. The lowest BCUT2D eigenvalue weighted by molar-refractivity contribution is 0.450. The molecule has 0 aromatic rings. The van der Waals surface area contributed by atoms with E-state index in [9.17, 15) is 0 Å². The van der Waals surface area contributed by atoms with Gasteiger partial charge in [-0.15, -0.1) is 18.2 Å². The van der Waals surface area contributed by atoms with Crippen LogP contribution in [0.15, 0.2) is 12.7 Å². The third-order valence-corrected chi connectivity index (χ3v) is 2.73. The summed E-state index contributed by atoms with van der Waals surface area (Å²) in [4.78, 5) is 0. The minimum atomic E-state index is -0.0413. The van der Waals surface area contributed by atoms with Crippen LogP contribution >= 0.6 is 20.0 Å². The van der Waals surface area contributed by atoms with Gasteiger partial charge < -0.3 is 0 Å². The third kappa shape index (κ3) is 4.55. The molecule has 3 heteroatoms. The van der Waals surface area contributed by atoms with Gasteiger partial charge in [-0.3, -0.25) is 5.16 Å². The maximum absolute atomic E-state index is 7.02. The largest absolute Gasteiger partial charge is 0.282 e. The molecule has 64 valence electrons. The van der Waals surface area contributed by atoms with Gasteiger partial charge in [0.05, 0.1) is 5.12 Å². The molecule has 0 aliphatic carbocycles. The first-order chi connectivity index (χ1) is 5.11. The van der Waals surface area contributed by atoms with Crippen molar-refractivity contribution in [3.8, 4) is 0 Å². The highest BCUT2D eigenvalue weighted by Crippen LogP contribution is 2.26. The van der Waals surface area contributed by atoms with E-state index in [0.29, 0.717) is 20.2 Å². The van der Waals surface area contributed by atoms with Crippen LogP contribution in [0.3, 0.4) is 0 Å². The molecule has 0 aromatic carbocycles. The second-order valence-electron chi connectivity index (χ2n) is 2.94. The average molecular weight is 192 g/mol. The molecular weight excluding hydrogens is 177 g/mol. The SMILES string of the molecule is C=CC(CC(Cl)P=N)C(C)C. The Kier molecular flexibility index (Phi) is 5.81. The summed E-state index contributed by atoms with van der Waals surface area (Å²) < 4.78 is 0. The Morgan fingerprint density at radius 2 is 2.18 bits per heavy atom. The van der Waals surface area contributed by atoms with E-state index in [-0.39, 0.29) is 5.12 Å². The molecule has 0 saturated carbocycles. The first kappa shape index (κ1) is 11.1. The number of hydrogen-bond donors (Lipinski definition) is 1. The Bertz CT molecular complexity index is 136. The molecule has 0 radical (unpaired) electrons. The van der Waals surface area contributed by atoms with Crippen LogP contribution in [0.4, 0.5) is 0 Å². The van der Waals surface area contributed by atoms with Crippen LogP contribution in [0.2, 0.25) is 0 Å². The summed E-state index contributed by atoms with van der Waals surface area (Å²) in [5.41, 5.74) is 0. The maximum atomic E-state index is 7.02. The van der Waals surface area contributed by atoms with Gasteiger partial charge in [-0.1, -0.05) is 19.9 Å². The summed E-state index contributed by atoms with van der Waals surface area (Å²) in [6, 6.07) is 0. The van der Waals surface area contributed by atoms with Crippen molar-refractivity contribution in [3.05, 3.63) is 12.7 Å². The molecule has 2 atom stereocenters. The minimum Gasteiger partial charge on any atom is -0.282 e. The van der Waals surface area contributed by atoms with Crippen LogP contribution in [-0.4, -0.2) is 5.12 Å². The number of allylic oxidation sites excluding steroid dienone is 1. The van der Waals surface area contributed by atoms with Crippen molar-refractivity contribution in [2.75, 3.05) is 0 Å². The van der Waals surface area contributed by atoms with Crippen LogP contribution < -0.4 is 0 Å². The van der Waals surface area contributed by atoms with Crippen molar-refractivity contribution in [3.63, 3.8) is 0 Å². The van der Waals surface area contributed by atoms with E-state index >= 15 is 0 Å². The number of nitrogens with one attached hydrogen (secondary N) is 1. The second kappa shape index (κ2) is 5.74. The van der Waals surface area contributed by atoms with Gasteiger partial charge in [0.2, 0.25) is 0 Å². The summed E-state index contributed by atoms with van der Waals surface area (Å²) in [6.07, 6.45) is 2.80. The van der Waals surface area contributed by atoms with Crippen molar-refractivity contribution in [2.24, 2.45) is 11.8 Å². The Labute approximate surface area is 75.5 Å².